The highest BCUT2D eigenvalue weighted by molar-refractivity contribution is 6.30. The van der Waals surface area contributed by atoms with Gasteiger partial charge in [0.15, 0.2) is 22.5 Å². The summed E-state index contributed by atoms with van der Waals surface area (Å²) in [6.45, 7) is 0. The Kier molecular flexibility index (Phi) is 4.60. The molecule has 0 saturated heterocycles. The Balaban J connectivity index is 1.74. The summed E-state index contributed by atoms with van der Waals surface area (Å²) in [4.78, 5) is 20.4. The molecule has 0 bridgehead atoms. The number of hydrogen-bond acceptors (Lipinski definition) is 5. The van der Waals surface area contributed by atoms with Crippen LogP contribution in [0.1, 0.15) is 0 Å². The molecule has 0 fully saturated rings. The molecular formula is C21H12Cl2FN5O2. The van der Waals surface area contributed by atoms with E-state index in [4.69, 9.17) is 27.6 Å². The molecule has 5 rings (SSSR count). The number of hydrogen-bond donors (Lipinski definition) is 0. The molecule has 154 valence electrons. The Bertz CT molecular complexity index is 1510. The predicted octanol–water partition coefficient (Wildman–Crippen LogP) is 4.89. The van der Waals surface area contributed by atoms with Crippen molar-refractivity contribution in [3.8, 4) is 28.6 Å². The van der Waals surface area contributed by atoms with E-state index in [9.17, 15) is 9.18 Å². The van der Waals surface area contributed by atoms with Gasteiger partial charge in [0.05, 0.1) is 11.7 Å². The van der Waals surface area contributed by atoms with Gasteiger partial charge in [-0.05, 0) is 42.5 Å². The zero-order valence-electron chi connectivity index (χ0n) is 15.9. The average Bonchev–Trinajstić information content (AvgIpc) is 3.33. The number of aryl methyl sites for hydroxylation is 1. The maximum Gasteiger partial charge on any atom is 0.355 e. The van der Waals surface area contributed by atoms with Crippen LogP contribution in [0.2, 0.25) is 10.2 Å². The summed E-state index contributed by atoms with van der Waals surface area (Å²) in [5, 5.41) is 5.26. The van der Waals surface area contributed by atoms with Crippen LogP contribution >= 0.6 is 23.2 Å². The number of nitrogens with zero attached hydrogens (tertiary/aromatic N) is 5. The van der Waals surface area contributed by atoms with Crippen molar-refractivity contribution in [3.63, 3.8) is 0 Å². The number of fused-ring (bicyclic) bond motifs is 1. The van der Waals surface area contributed by atoms with Gasteiger partial charge in [-0.1, -0.05) is 23.2 Å². The molecule has 3 heterocycles. The molecule has 3 aromatic heterocycles. The molecular weight excluding hydrogens is 444 g/mol. The largest absolute Gasteiger partial charge is 0.434 e. The van der Waals surface area contributed by atoms with E-state index in [0.29, 0.717) is 16.1 Å². The van der Waals surface area contributed by atoms with E-state index in [1.807, 2.05) is 25.4 Å². The minimum atomic E-state index is -0.857. The zero-order valence-corrected chi connectivity index (χ0v) is 17.4. The van der Waals surface area contributed by atoms with Crippen LogP contribution in [0.4, 0.5) is 4.39 Å². The first kappa shape index (κ1) is 19.5. The molecule has 0 atom stereocenters. The topological polar surface area (TPSA) is 78.7 Å². The van der Waals surface area contributed by atoms with Crippen molar-refractivity contribution in [2.24, 2.45) is 7.05 Å². The van der Waals surface area contributed by atoms with Crippen LogP contribution in [-0.2, 0) is 7.05 Å². The third-order valence-corrected chi connectivity index (χ3v) is 5.17. The van der Waals surface area contributed by atoms with Gasteiger partial charge in [0, 0.05) is 34.8 Å². The predicted molar refractivity (Wildman–Crippen MR) is 115 cm³/mol. The molecule has 0 unspecified atom stereocenters. The summed E-state index contributed by atoms with van der Waals surface area (Å²) in [7, 11) is 1.83. The fraction of sp³-hybridized carbons (Fsp3) is 0.0476. The van der Waals surface area contributed by atoms with Crippen LogP contribution in [0, 0.1) is 5.82 Å². The molecule has 0 amide bonds. The fourth-order valence-electron chi connectivity index (χ4n) is 3.24. The number of oxazole rings is 1. The molecule has 31 heavy (non-hydrogen) atoms. The second-order valence-corrected chi connectivity index (χ2v) is 7.58. The van der Waals surface area contributed by atoms with Gasteiger partial charge in [0.1, 0.15) is 0 Å². The lowest BCUT2D eigenvalue weighted by Gasteiger charge is -2.04. The number of halogens is 3. The molecule has 2 aromatic carbocycles. The molecule has 0 saturated carbocycles. The van der Waals surface area contributed by atoms with Crippen LogP contribution in [0.5, 0.6) is 0 Å². The van der Waals surface area contributed by atoms with Gasteiger partial charge in [-0.3, -0.25) is 4.68 Å². The SMILES string of the molecule is Cn1cc2cc(-c3nc(-n4cc(F)c(Cl)nc4=O)c(-c4ccc(Cl)cc4)o3)ccc2n1. The van der Waals surface area contributed by atoms with Crippen LogP contribution in [0.3, 0.4) is 0 Å². The quantitative estimate of drug-likeness (QED) is 0.362. The summed E-state index contributed by atoms with van der Waals surface area (Å²) in [6.07, 6.45) is 2.80. The van der Waals surface area contributed by atoms with Crippen molar-refractivity contribution in [3.05, 3.63) is 81.3 Å². The van der Waals surface area contributed by atoms with Gasteiger partial charge in [0.25, 0.3) is 0 Å². The summed E-state index contributed by atoms with van der Waals surface area (Å²) < 4.78 is 22.8. The summed E-state index contributed by atoms with van der Waals surface area (Å²) in [5.41, 5.74) is 1.29. The van der Waals surface area contributed by atoms with Crippen molar-refractivity contribution < 1.29 is 8.81 Å². The van der Waals surface area contributed by atoms with Crippen LogP contribution in [0.15, 0.2) is 64.1 Å². The minimum Gasteiger partial charge on any atom is -0.434 e. The normalized spacial score (nSPS) is 11.4. The maximum atomic E-state index is 14.1. The third-order valence-electron chi connectivity index (χ3n) is 4.65. The molecule has 0 spiro atoms. The standard InChI is InChI=1S/C21H12Cl2FN5O2/c1-28-9-13-8-12(4-7-16(13)27-28)20-26-19(29-10-15(24)18(23)25-21(29)30)17(31-20)11-2-5-14(22)6-3-11/h2-10H,1H3. The first-order valence-electron chi connectivity index (χ1n) is 9.04. The average molecular weight is 456 g/mol. The molecule has 5 aromatic rings. The van der Waals surface area contributed by atoms with E-state index < -0.39 is 16.7 Å². The van der Waals surface area contributed by atoms with Gasteiger partial charge in [-0.2, -0.15) is 15.1 Å². The van der Waals surface area contributed by atoms with Crippen molar-refractivity contribution >= 4 is 34.1 Å². The second-order valence-electron chi connectivity index (χ2n) is 6.79. The van der Waals surface area contributed by atoms with E-state index in [-0.39, 0.29) is 17.5 Å². The number of benzene rings is 2. The Labute approximate surface area is 184 Å². The molecule has 0 N–H and O–H groups in total. The van der Waals surface area contributed by atoms with Crippen molar-refractivity contribution in [2.75, 3.05) is 0 Å². The maximum absolute atomic E-state index is 14.1. The second kappa shape index (κ2) is 7.33. The van der Waals surface area contributed by atoms with E-state index in [1.165, 1.54) is 0 Å². The number of rotatable bonds is 3. The van der Waals surface area contributed by atoms with Gasteiger partial charge in [-0.25, -0.2) is 13.8 Å². The van der Waals surface area contributed by atoms with E-state index in [1.54, 1.807) is 35.0 Å². The van der Waals surface area contributed by atoms with Gasteiger partial charge >= 0.3 is 5.69 Å². The van der Waals surface area contributed by atoms with Gasteiger partial charge < -0.3 is 4.42 Å². The third kappa shape index (κ3) is 3.49. The summed E-state index contributed by atoms with van der Waals surface area (Å²) >= 11 is 11.6. The van der Waals surface area contributed by atoms with E-state index in [2.05, 4.69) is 15.1 Å². The highest BCUT2D eigenvalue weighted by atomic mass is 35.5. The lowest BCUT2D eigenvalue weighted by atomic mass is 10.1. The lowest BCUT2D eigenvalue weighted by Crippen LogP contribution is -2.22. The fourth-order valence-corrected chi connectivity index (χ4v) is 3.48. The highest BCUT2D eigenvalue weighted by Gasteiger charge is 2.21. The summed E-state index contributed by atoms with van der Waals surface area (Å²) in [6, 6.07) is 12.3. The van der Waals surface area contributed by atoms with Gasteiger partial charge in [-0.15, -0.1) is 0 Å². The van der Waals surface area contributed by atoms with Crippen LogP contribution in [0.25, 0.3) is 39.5 Å². The van der Waals surface area contributed by atoms with Crippen LogP contribution < -0.4 is 5.69 Å². The molecule has 0 radical (unpaired) electrons. The lowest BCUT2D eigenvalue weighted by molar-refractivity contribution is 0.585. The zero-order chi connectivity index (χ0) is 21.7. The minimum absolute atomic E-state index is 0.0803. The molecule has 7 nitrogen and oxygen atoms in total. The molecule has 0 aliphatic carbocycles. The Morgan fingerprint density at radius 3 is 2.52 bits per heavy atom. The number of aromatic nitrogens is 5. The van der Waals surface area contributed by atoms with Crippen molar-refractivity contribution in [1.29, 1.82) is 0 Å². The van der Waals surface area contributed by atoms with Crippen molar-refractivity contribution in [2.45, 2.75) is 0 Å². The summed E-state index contributed by atoms with van der Waals surface area (Å²) in [5.74, 6) is -0.280. The molecule has 0 aliphatic rings. The Morgan fingerprint density at radius 2 is 1.74 bits per heavy atom. The smallest absolute Gasteiger partial charge is 0.355 e. The van der Waals surface area contributed by atoms with Crippen molar-refractivity contribution in [1.82, 2.24) is 24.3 Å². The first-order valence-corrected chi connectivity index (χ1v) is 9.80. The van der Waals surface area contributed by atoms with Crippen LogP contribution in [-0.4, -0.2) is 24.3 Å². The van der Waals surface area contributed by atoms with E-state index >= 15 is 0 Å². The molecule has 0 aliphatic heterocycles. The van der Waals surface area contributed by atoms with E-state index in [0.717, 1.165) is 21.7 Å². The highest BCUT2D eigenvalue weighted by Crippen LogP contribution is 2.33. The monoisotopic (exact) mass is 455 g/mol. The Morgan fingerprint density at radius 1 is 1.00 bits per heavy atom. The Hall–Kier alpha value is -3.49. The van der Waals surface area contributed by atoms with Gasteiger partial charge in [0.2, 0.25) is 5.89 Å². The molecule has 10 heteroatoms. The first-order chi connectivity index (χ1) is 14.9.